The quantitative estimate of drug-likeness (QED) is 0.0344. The van der Waals surface area contributed by atoms with Crippen LogP contribution in [0.3, 0.4) is 0 Å². The van der Waals surface area contributed by atoms with E-state index in [0.717, 1.165) is 0 Å². The van der Waals surface area contributed by atoms with Crippen molar-refractivity contribution in [3.8, 4) is 0 Å². The van der Waals surface area contributed by atoms with Crippen molar-refractivity contribution in [3.05, 3.63) is 0 Å². The first kappa shape index (κ1) is 66.5. The third kappa shape index (κ3) is 13.5. The lowest BCUT2D eigenvalue weighted by atomic mass is 9.81. The molecule has 0 bridgehead atoms. The first-order valence-corrected chi connectivity index (χ1v) is 24.9. The Morgan fingerprint density at radius 1 is 0.525 bits per heavy atom. The molecule has 2 aliphatic carbocycles. The van der Waals surface area contributed by atoms with Gasteiger partial charge in [0.15, 0.2) is 60.9 Å². The molecule has 30 unspecified atom stereocenters. The molecule has 0 radical (unpaired) electrons. The fraction of sp³-hybridized carbons (Fsp3) is 0.881. The number of ether oxygens (including phenoxy) is 8. The molecule has 6 aliphatic rings. The van der Waals surface area contributed by atoms with E-state index in [1.54, 1.807) is 0 Å². The van der Waals surface area contributed by atoms with Crippen LogP contribution in [0.1, 0.15) is 13.8 Å². The van der Waals surface area contributed by atoms with Gasteiger partial charge in [-0.25, -0.2) is 9.98 Å². The lowest BCUT2D eigenvalue weighted by Gasteiger charge is -2.46. The van der Waals surface area contributed by atoms with Gasteiger partial charge in [-0.2, -0.15) is 0 Å². The minimum Gasteiger partial charge on any atom is -0.394 e. The summed E-state index contributed by atoms with van der Waals surface area (Å²) in [4.78, 5) is 19.5. The second kappa shape index (κ2) is 27.4. The third-order valence-electron chi connectivity index (χ3n) is 14.9. The van der Waals surface area contributed by atoms with Crippen LogP contribution in [0.25, 0.3) is 0 Å². The molecule has 0 amide bonds. The number of hydrogen-bond acceptors (Lipinski definition) is 30. The lowest BCUT2D eigenvalue weighted by molar-refractivity contribution is -0.318. The number of aliphatic hydroxyl groups is 15. The minimum atomic E-state index is -2.39. The number of aliphatic imine (C=N–C) groups is 2. The van der Waals surface area contributed by atoms with Crippen molar-refractivity contribution in [1.82, 2.24) is 21.3 Å². The Labute approximate surface area is 455 Å². The Balaban J connectivity index is 0.000000294. The standard InChI is InChI=1S/C21H41N7O12.C21H39N7O12/c2*1-5-21(36,4-30)16(40-17-9(26-2)13(34)10(31)6(3-29)38-17)18(37-5)39-15-8(28-20(24)25)11(32)7(27-19(22)23)12(33)14(15)35/h5-18,26,29-36H,3-4H2,1-2H3,(H4,22,23,27)(H4,24,25,28);4-18,26,29,31-36H,3H2,1-2H3,(H4,22,23,27)(H4,24,25,28). The Morgan fingerprint density at radius 3 is 1.24 bits per heavy atom. The van der Waals surface area contributed by atoms with E-state index in [1.165, 1.54) is 27.9 Å². The minimum absolute atomic E-state index is 0.138. The molecule has 6 rings (SSSR count). The molecule has 2 saturated carbocycles. The molecule has 38 heteroatoms. The van der Waals surface area contributed by atoms with Crippen molar-refractivity contribution in [3.63, 3.8) is 0 Å². The second-order valence-electron chi connectivity index (χ2n) is 20.0. The second-order valence-corrected chi connectivity index (χ2v) is 20.0. The van der Waals surface area contributed by atoms with Crippen molar-refractivity contribution in [1.29, 1.82) is 10.8 Å². The molecule has 0 aromatic rings. The molecule has 4 heterocycles. The van der Waals surface area contributed by atoms with Gasteiger partial charge in [0.25, 0.3) is 0 Å². The van der Waals surface area contributed by atoms with Crippen LogP contribution >= 0.6 is 0 Å². The molecule has 0 spiro atoms. The van der Waals surface area contributed by atoms with E-state index in [-0.39, 0.29) is 6.29 Å². The molecule has 30 atom stereocenters. The number of nitrogens with two attached hydrogens (primary N) is 6. The summed E-state index contributed by atoms with van der Waals surface area (Å²) >= 11 is 0. The first-order valence-electron chi connectivity index (χ1n) is 24.9. The summed E-state index contributed by atoms with van der Waals surface area (Å²) in [5, 5.41) is 184. The number of aliphatic hydroxyl groups excluding tert-OH is 13. The lowest BCUT2D eigenvalue weighted by Crippen LogP contribution is -2.70. The average molecular weight is 1170 g/mol. The van der Waals surface area contributed by atoms with Crippen LogP contribution in [0, 0.1) is 10.8 Å². The van der Waals surface area contributed by atoms with Gasteiger partial charge in [-0.3, -0.25) is 15.6 Å². The number of rotatable bonds is 18. The maximum atomic E-state index is 12.1. The highest BCUT2D eigenvalue weighted by Gasteiger charge is 2.63. The van der Waals surface area contributed by atoms with Crippen LogP contribution in [0.5, 0.6) is 0 Å². The highest BCUT2D eigenvalue weighted by atomic mass is 16.8. The molecule has 6 fully saturated rings. The average Bonchev–Trinajstić information content (AvgIpc) is 3.83. The molecule has 33 N–H and O–H groups in total. The van der Waals surface area contributed by atoms with Gasteiger partial charge in [0.05, 0.1) is 56.2 Å². The number of likely N-dealkylation sites (N-methyl/N-ethyl adjacent to an activating group) is 2. The van der Waals surface area contributed by atoms with Crippen LogP contribution in [0.15, 0.2) is 9.98 Å². The van der Waals surface area contributed by atoms with Gasteiger partial charge in [-0.15, -0.1) is 0 Å². The number of nitrogens with zero attached hydrogens (tertiary/aromatic N) is 2. The molecule has 4 saturated heterocycles. The van der Waals surface area contributed by atoms with Gasteiger partial charge in [0, 0.05) is 0 Å². The number of nitrogens with one attached hydrogen (secondary N) is 6. The fourth-order valence-corrected chi connectivity index (χ4v) is 10.4. The summed E-state index contributed by atoms with van der Waals surface area (Å²) < 4.78 is 46.1. The predicted octanol–water partition coefficient (Wildman–Crippen LogP) is -16.1. The number of carbonyl (C=O) groups is 1. The third-order valence-corrected chi connectivity index (χ3v) is 14.9. The molecule has 462 valence electrons. The largest absolute Gasteiger partial charge is 0.394 e. The summed E-state index contributed by atoms with van der Waals surface area (Å²) in [6.45, 7) is 0.411. The van der Waals surface area contributed by atoms with E-state index in [9.17, 15) is 81.4 Å². The zero-order valence-corrected chi connectivity index (χ0v) is 43.6. The van der Waals surface area contributed by atoms with Gasteiger partial charge in [0.1, 0.15) is 115 Å². The van der Waals surface area contributed by atoms with Gasteiger partial charge in [-0.05, 0) is 27.9 Å². The molecule has 0 aromatic heterocycles. The summed E-state index contributed by atoms with van der Waals surface area (Å²) in [6, 6.07) is -7.96. The maximum absolute atomic E-state index is 12.1. The van der Waals surface area contributed by atoms with Crippen molar-refractivity contribution in [2.45, 2.75) is 196 Å². The smallest absolute Gasteiger partial charge is 0.188 e. The van der Waals surface area contributed by atoms with E-state index in [0.29, 0.717) is 0 Å². The molecule has 80 heavy (non-hydrogen) atoms. The molecular weight excluding hydrogens is 1080 g/mol. The van der Waals surface area contributed by atoms with Gasteiger partial charge in [0.2, 0.25) is 0 Å². The van der Waals surface area contributed by atoms with Gasteiger partial charge < -0.3 is 170 Å². The normalized spacial score (nSPS) is 47.5. The van der Waals surface area contributed by atoms with E-state index < -0.39 is 226 Å². The monoisotopic (exact) mass is 1160 g/mol. The zero-order chi connectivity index (χ0) is 60.2. The van der Waals surface area contributed by atoms with E-state index in [1.807, 2.05) is 0 Å². The SMILES string of the molecule is CNC1C(OC2C(OC3C(O)C(O)C(N=C(N)N)C(O)C3NC(=N)N)OC(C)C2(O)C=O)OC(CO)C(O)C1O.CNC1C(OC2C(OC3C(O)C(O)C(N=C(N)N)C(O)C3NC(=N)N)OC(C)C2(O)CO)OC(CO)C(O)C1O. The van der Waals surface area contributed by atoms with Crippen LogP contribution in [-0.2, 0) is 42.7 Å². The number of carbonyl (C=O) groups excluding carboxylic acids is 1. The first-order chi connectivity index (χ1) is 37.4. The Hall–Kier alpha value is -4.25. The zero-order valence-electron chi connectivity index (χ0n) is 43.6. The Kier molecular flexibility index (Phi) is 22.8. The highest BCUT2D eigenvalue weighted by molar-refractivity contribution is 5.77. The van der Waals surface area contributed by atoms with Crippen LogP contribution in [0.2, 0.25) is 0 Å². The Bertz CT molecular complexity index is 2120. The summed E-state index contributed by atoms with van der Waals surface area (Å²) in [6.07, 6.45) is -34.2. The van der Waals surface area contributed by atoms with E-state index in [2.05, 4.69) is 31.3 Å². The number of guanidine groups is 4. The maximum Gasteiger partial charge on any atom is 0.188 e. The number of hydrogen-bond donors (Lipinski definition) is 27. The van der Waals surface area contributed by atoms with E-state index >= 15 is 0 Å². The van der Waals surface area contributed by atoms with Crippen molar-refractivity contribution in [2.24, 2.45) is 44.4 Å². The van der Waals surface area contributed by atoms with Gasteiger partial charge in [-0.1, -0.05) is 0 Å². The Morgan fingerprint density at radius 2 is 0.900 bits per heavy atom. The summed E-state index contributed by atoms with van der Waals surface area (Å²) in [5.74, 6) is -2.29. The van der Waals surface area contributed by atoms with Crippen LogP contribution in [-0.4, -0.2) is 323 Å². The highest BCUT2D eigenvalue weighted by Crippen LogP contribution is 2.41. The molecule has 38 nitrogen and oxygen atoms in total. The molecule has 4 aliphatic heterocycles. The molecule has 0 aromatic carbocycles. The molecular formula is C42H80N14O24. The van der Waals surface area contributed by atoms with Crippen LogP contribution in [0.4, 0.5) is 0 Å². The number of aldehydes is 1. The van der Waals surface area contributed by atoms with Gasteiger partial charge >= 0.3 is 0 Å². The topological polar surface area (TPSA) is 671 Å². The van der Waals surface area contributed by atoms with Crippen molar-refractivity contribution < 1.29 is 119 Å². The van der Waals surface area contributed by atoms with Crippen molar-refractivity contribution >= 4 is 30.1 Å². The van der Waals surface area contributed by atoms with Crippen molar-refractivity contribution in [2.75, 3.05) is 33.9 Å². The predicted molar refractivity (Wildman–Crippen MR) is 265 cm³/mol. The van der Waals surface area contributed by atoms with Crippen LogP contribution < -0.4 is 55.7 Å². The fourth-order valence-electron chi connectivity index (χ4n) is 10.4. The van der Waals surface area contributed by atoms with E-state index in [4.69, 9.17) is 83.1 Å². The summed E-state index contributed by atoms with van der Waals surface area (Å²) in [5.41, 5.74) is 27.9. The summed E-state index contributed by atoms with van der Waals surface area (Å²) in [7, 11) is 2.85.